The second-order valence-electron chi connectivity index (χ2n) is 4.85. The molecule has 0 saturated heterocycles. The van der Waals surface area contributed by atoms with Crippen LogP contribution in [0.4, 0.5) is 5.69 Å². The molecule has 0 atom stereocenters. The minimum Gasteiger partial charge on any atom is -0.384 e. The van der Waals surface area contributed by atoms with Gasteiger partial charge in [0.1, 0.15) is 0 Å². The van der Waals surface area contributed by atoms with Gasteiger partial charge in [0.15, 0.2) is 0 Å². The third kappa shape index (κ3) is 4.10. The molecule has 0 aliphatic rings. The molecular formula is C14H22N2O. The number of nitrogens with one attached hydrogen (secondary N) is 1. The van der Waals surface area contributed by atoms with Gasteiger partial charge in [0.25, 0.3) is 5.91 Å². The summed E-state index contributed by atoms with van der Waals surface area (Å²) in [5.41, 5.74) is 1.66. The van der Waals surface area contributed by atoms with Gasteiger partial charge in [0, 0.05) is 26.3 Å². The third-order valence-corrected chi connectivity index (χ3v) is 2.60. The number of benzene rings is 1. The summed E-state index contributed by atoms with van der Waals surface area (Å²) in [6.07, 6.45) is 1.10. The maximum Gasteiger partial charge on any atom is 0.255 e. The Balaban J connectivity index is 2.74. The molecule has 0 aliphatic heterocycles. The summed E-state index contributed by atoms with van der Waals surface area (Å²) in [6.45, 7) is 5.28. The number of anilines is 1. The molecule has 0 unspecified atom stereocenters. The van der Waals surface area contributed by atoms with E-state index in [0.29, 0.717) is 5.92 Å². The number of amides is 1. The molecule has 1 aromatic carbocycles. The van der Waals surface area contributed by atoms with Crippen molar-refractivity contribution in [3.63, 3.8) is 0 Å². The molecule has 1 amide bonds. The Morgan fingerprint density at radius 3 is 2.53 bits per heavy atom. The average Bonchev–Trinajstić information content (AvgIpc) is 2.28. The summed E-state index contributed by atoms with van der Waals surface area (Å²) >= 11 is 0. The van der Waals surface area contributed by atoms with Crippen LogP contribution in [0.1, 0.15) is 30.6 Å². The molecule has 0 radical (unpaired) electrons. The highest BCUT2D eigenvalue weighted by Gasteiger charge is 2.12. The second-order valence-corrected chi connectivity index (χ2v) is 4.85. The SMILES string of the molecule is CC(C)CCNc1ccccc1C(=O)N(C)C. The second kappa shape index (κ2) is 6.28. The quantitative estimate of drug-likeness (QED) is 0.849. The summed E-state index contributed by atoms with van der Waals surface area (Å²) in [5.74, 6) is 0.705. The highest BCUT2D eigenvalue weighted by Crippen LogP contribution is 2.16. The first-order valence-corrected chi connectivity index (χ1v) is 6.07. The molecule has 1 rings (SSSR count). The van der Waals surface area contributed by atoms with Crippen LogP contribution in [0.5, 0.6) is 0 Å². The van der Waals surface area contributed by atoms with Crippen molar-refractivity contribution >= 4 is 11.6 Å². The fraction of sp³-hybridized carbons (Fsp3) is 0.500. The lowest BCUT2D eigenvalue weighted by atomic mass is 10.1. The molecule has 0 aliphatic carbocycles. The number of para-hydroxylation sites is 1. The van der Waals surface area contributed by atoms with Crippen LogP contribution in [0.25, 0.3) is 0 Å². The molecule has 0 saturated carbocycles. The van der Waals surface area contributed by atoms with E-state index in [1.165, 1.54) is 0 Å². The van der Waals surface area contributed by atoms with Crippen LogP contribution >= 0.6 is 0 Å². The van der Waals surface area contributed by atoms with Gasteiger partial charge in [0.2, 0.25) is 0 Å². The van der Waals surface area contributed by atoms with Gasteiger partial charge in [-0.25, -0.2) is 0 Å². The minimum absolute atomic E-state index is 0.0395. The van der Waals surface area contributed by atoms with Gasteiger partial charge in [-0.2, -0.15) is 0 Å². The van der Waals surface area contributed by atoms with Crippen molar-refractivity contribution < 1.29 is 4.79 Å². The maximum absolute atomic E-state index is 11.9. The first kappa shape index (κ1) is 13.6. The predicted molar refractivity (Wildman–Crippen MR) is 72.4 cm³/mol. The molecule has 94 valence electrons. The van der Waals surface area contributed by atoms with E-state index in [1.54, 1.807) is 19.0 Å². The summed E-state index contributed by atoms with van der Waals surface area (Å²) in [6, 6.07) is 7.66. The summed E-state index contributed by atoms with van der Waals surface area (Å²) in [7, 11) is 3.54. The molecule has 0 heterocycles. The van der Waals surface area contributed by atoms with Gasteiger partial charge < -0.3 is 10.2 Å². The van der Waals surface area contributed by atoms with Crippen LogP contribution in [0, 0.1) is 5.92 Å². The number of rotatable bonds is 5. The lowest BCUT2D eigenvalue weighted by molar-refractivity contribution is 0.0828. The van der Waals surface area contributed by atoms with E-state index >= 15 is 0 Å². The van der Waals surface area contributed by atoms with Gasteiger partial charge in [-0.1, -0.05) is 26.0 Å². The van der Waals surface area contributed by atoms with E-state index in [9.17, 15) is 4.79 Å². The standard InChI is InChI=1S/C14H22N2O/c1-11(2)9-10-15-13-8-6-5-7-12(13)14(17)16(3)4/h5-8,11,15H,9-10H2,1-4H3. The zero-order valence-corrected chi connectivity index (χ0v) is 11.2. The van der Waals surface area contributed by atoms with Crippen LogP contribution < -0.4 is 5.32 Å². The Labute approximate surface area is 104 Å². The van der Waals surface area contributed by atoms with E-state index in [1.807, 2.05) is 24.3 Å². The first-order valence-electron chi connectivity index (χ1n) is 6.07. The van der Waals surface area contributed by atoms with Gasteiger partial charge >= 0.3 is 0 Å². The van der Waals surface area contributed by atoms with Gasteiger partial charge in [-0.3, -0.25) is 4.79 Å². The van der Waals surface area contributed by atoms with Crippen LogP contribution in [0.3, 0.4) is 0 Å². The average molecular weight is 234 g/mol. The molecule has 17 heavy (non-hydrogen) atoms. The van der Waals surface area contributed by atoms with Crippen molar-refractivity contribution in [1.29, 1.82) is 0 Å². The molecule has 3 nitrogen and oxygen atoms in total. The van der Waals surface area contributed by atoms with E-state index < -0.39 is 0 Å². The van der Waals surface area contributed by atoms with Crippen molar-refractivity contribution in [3.05, 3.63) is 29.8 Å². The molecule has 0 aromatic heterocycles. The van der Waals surface area contributed by atoms with E-state index in [-0.39, 0.29) is 5.91 Å². The lowest BCUT2D eigenvalue weighted by Gasteiger charge is -2.15. The number of carbonyl (C=O) groups excluding carboxylic acids is 1. The molecule has 3 heteroatoms. The number of hydrogen-bond acceptors (Lipinski definition) is 2. The lowest BCUT2D eigenvalue weighted by Crippen LogP contribution is -2.23. The Bertz CT molecular complexity index is 372. The Morgan fingerprint density at radius 1 is 1.29 bits per heavy atom. The van der Waals surface area contributed by atoms with Crippen molar-refractivity contribution in [2.45, 2.75) is 20.3 Å². The fourth-order valence-corrected chi connectivity index (χ4v) is 1.56. The van der Waals surface area contributed by atoms with Crippen molar-refractivity contribution in [3.8, 4) is 0 Å². The van der Waals surface area contributed by atoms with Crippen LogP contribution in [-0.2, 0) is 0 Å². The van der Waals surface area contributed by atoms with Crippen molar-refractivity contribution in [2.75, 3.05) is 26.0 Å². The zero-order chi connectivity index (χ0) is 12.8. The smallest absolute Gasteiger partial charge is 0.255 e. The van der Waals surface area contributed by atoms with E-state index in [4.69, 9.17) is 0 Å². The number of carbonyl (C=O) groups is 1. The fourth-order valence-electron chi connectivity index (χ4n) is 1.56. The normalized spacial score (nSPS) is 10.4. The molecule has 1 N–H and O–H groups in total. The Morgan fingerprint density at radius 2 is 1.94 bits per heavy atom. The molecule has 0 spiro atoms. The van der Waals surface area contributed by atoms with Crippen LogP contribution in [0.2, 0.25) is 0 Å². The Hall–Kier alpha value is -1.51. The van der Waals surface area contributed by atoms with E-state index in [2.05, 4.69) is 19.2 Å². The van der Waals surface area contributed by atoms with Crippen LogP contribution in [-0.4, -0.2) is 31.4 Å². The van der Waals surface area contributed by atoms with Gasteiger partial charge in [-0.15, -0.1) is 0 Å². The van der Waals surface area contributed by atoms with Crippen molar-refractivity contribution in [1.82, 2.24) is 4.90 Å². The first-order chi connectivity index (χ1) is 8.02. The molecular weight excluding hydrogens is 212 g/mol. The summed E-state index contributed by atoms with van der Waals surface area (Å²) in [5, 5.41) is 3.33. The van der Waals surface area contributed by atoms with E-state index in [0.717, 1.165) is 24.2 Å². The monoisotopic (exact) mass is 234 g/mol. The summed E-state index contributed by atoms with van der Waals surface area (Å²) in [4.78, 5) is 13.5. The predicted octanol–water partition coefficient (Wildman–Crippen LogP) is 2.85. The van der Waals surface area contributed by atoms with Gasteiger partial charge in [-0.05, 0) is 24.5 Å². The highest BCUT2D eigenvalue weighted by molar-refractivity contribution is 5.99. The molecule has 0 bridgehead atoms. The highest BCUT2D eigenvalue weighted by atomic mass is 16.2. The maximum atomic E-state index is 11.9. The van der Waals surface area contributed by atoms with Crippen molar-refractivity contribution in [2.24, 2.45) is 5.92 Å². The third-order valence-electron chi connectivity index (χ3n) is 2.60. The number of hydrogen-bond donors (Lipinski definition) is 1. The van der Waals surface area contributed by atoms with Crippen LogP contribution in [0.15, 0.2) is 24.3 Å². The molecule has 1 aromatic rings. The largest absolute Gasteiger partial charge is 0.384 e. The topological polar surface area (TPSA) is 32.3 Å². The minimum atomic E-state index is 0.0395. The molecule has 0 fully saturated rings. The zero-order valence-electron chi connectivity index (χ0n) is 11.2. The van der Waals surface area contributed by atoms with Gasteiger partial charge in [0.05, 0.1) is 5.56 Å². The number of nitrogens with zero attached hydrogens (tertiary/aromatic N) is 1. The Kier molecular flexibility index (Phi) is 5.01. The summed E-state index contributed by atoms with van der Waals surface area (Å²) < 4.78 is 0.